The zero-order valence-electron chi connectivity index (χ0n) is 10.9. The largest absolute Gasteiger partial charge is 0.478 e. The molecule has 0 saturated carbocycles. The van der Waals surface area contributed by atoms with E-state index < -0.39 is 16.0 Å². The Morgan fingerprint density at radius 2 is 1.90 bits per heavy atom. The number of hydrogen-bond donors (Lipinski definition) is 3. The maximum Gasteiger partial charge on any atom is 0.335 e. The zero-order valence-corrected chi connectivity index (χ0v) is 11.7. The van der Waals surface area contributed by atoms with Gasteiger partial charge in [-0.25, -0.2) is 17.9 Å². The van der Waals surface area contributed by atoms with Gasteiger partial charge in [-0.05, 0) is 35.9 Å². The highest BCUT2D eigenvalue weighted by Gasteiger charge is 2.18. The molecule has 0 aliphatic heterocycles. The van der Waals surface area contributed by atoms with E-state index in [1.54, 1.807) is 24.5 Å². The van der Waals surface area contributed by atoms with E-state index in [1.165, 1.54) is 12.1 Å². The summed E-state index contributed by atoms with van der Waals surface area (Å²) in [6.45, 7) is 0.0883. The quantitative estimate of drug-likeness (QED) is 0.703. The molecule has 21 heavy (non-hydrogen) atoms. The number of hydrogen-bond acceptors (Lipinski definition) is 5. The SMILES string of the molecule is Nc1cc(C(=O)O)ccc1S(=O)(=O)NCc1ccncc1. The van der Waals surface area contributed by atoms with Crippen molar-refractivity contribution >= 4 is 21.7 Å². The van der Waals surface area contributed by atoms with Gasteiger partial charge in [0.25, 0.3) is 0 Å². The number of rotatable bonds is 5. The minimum atomic E-state index is -3.82. The van der Waals surface area contributed by atoms with Gasteiger partial charge in [0.2, 0.25) is 10.0 Å². The minimum absolute atomic E-state index is 0.0689. The van der Waals surface area contributed by atoms with E-state index in [2.05, 4.69) is 9.71 Å². The Bertz CT molecular complexity index is 760. The number of nitrogens with two attached hydrogens (primary N) is 1. The van der Waals surface area contributed by atoms with Crippen molar-refractivity contribution < 1.29 is 18.3 Å². The summed E-state index contributed by atoms with van der Waals surface area (Å²) >= 11 is 0. The van der Waals surface area contributed by atoms with Crippen LogP contribution in [0.15, 0.2) is 47.6 Å². The van der Waals surface area contributed by atoms with Crippen LogP contribution in [0.3, 0.4) is 0 Å². The minimum Gasteiger partial charge on any atom is -0.478 e. The first-order valence-corrected chi connectivity index (χ1v) is 7.40. The molecule has 0 aliphatic carbocycles. The highest BCUT2D eigenvalue weighted by Crippen LogP contribution is 2.20. The lowest BCUT2D eigenvalue weighted by atomic mass is 10.2. The van der Waals surface area contributed by atoms with Gasteiger partial charge in [-0.1, -0.05) is 0 Å². The van der Waals surface area contributed by atoms with Crippen LogP contribution in [0.5, 0.6) is 0 Å². The number of nitrogens with one attached hydrogen (secondary N) is 1. The number of pyridine rings is 1. The van der Waals surface area contributed by atoms with E-state index in [4.69, 9.17) is 10.8 Å². The predicted molar refractivity (Wildman–Crippen MR) is 76.1 cm³/mol. The molecule has 0 saturated heterocycles. The van der Waals surface area contributed by atoms with Crippen molar-refractivity contribution in [2.75, 3.05) is 5.73 Å². The molecule has 4 N–H and O–H groups in total. The molecule has 0 unspecified atom stereocenters. The summed E-state index contributed by atoms with van der Waals surface area (Å²) in [5.41, 5.74) is 6.18. The number of nitrogens with zero attached hydrogens (tertiary/aromatic N) is 1. The van der Waals surface area contributed by atoms with Gasteiger partial charge in [-0.2, -0.15) is 0 Å². The highest BCUT2D eigenvalue weighted by molar-refractivity contribution is 7.89. The Hall–Kier alpha value is -2.45. The van der Waals surface area contributed by atoms with Crippen LogP contribution in [0.4, 0.5) is 5.69 Å². The van der Waals surface area contributed by atoms with Crippen LogP contribution in [0.2, 0.25) is 0 Å². The average Bonchev–Trinajstić information content (AvgIpc) is 2.46. The molecule has 0 atom stereocenters. The van der Waals surface area contributed by atoms with Crippen LogP contribution in [-0.2, 0) is 16.6 Å². The number of carbonyl (C=O) groups is 1. The molecule has 0 aliphatic rings. The normalized spacial score (nSPS) is 11.2. The molecule has 1 heterocycles. The van der Waals surface area contributed by atoms with Crippen LogP contribution >= 0.6 is 0 Å². The second-order valence-electron chi connectivity index (χ2n) is 4.24. The Balaban J connectivity index is 2.22. The molecule has 110 valence electrons. The number of carboxylic acids is 1. The first-order valence-electron chi connectivity index (χ1n) is 5.91. The monoisotopic (exact) mass is 307 g/mol. The summed E-state index contributed by atoms with van der Waals surface area (Å²) in [5.74, 6) is -1.17. The van der Waals surface area contributed by atoms with Crippen molar-refractivity contribution in [1.29, 1.82) is 0 Å². The van der Waals surface area contributed by atoms with E-state index in [-0.39, 0.29) is 22.7 Å². The van der Waals surface area contributed by atoms with Gasteiger partial charge in [-0.15, -0.1) is 0 Å². The van der Waals surface area contributed by atoms with E-state index in [0.717, 1.165) is 11.6 Å². The van der Waals surface area contributed by atoms with Crippen molar-refractivity contribution in [3.05, 3.63) is 53.9 Å². The summed E-state index contributed by atoms with van der Waals surface area (Å²) in [4.78, 5) is 14.5. The van der Waals surface area contributed by atoms with Crippen LogP contribution in [0, 0.1) is 0 Å². The summed E-state index contributed by atoms with van der Waals surface area (Å²) in [6.07, 6.45) is 3.11. The van der Waals surface area contributed by atoms with Gasteiger partial charge in [0, 0.05) is 18.9 Å². The smallest absolute Gasteiger partial charge is 0.335 e. The third-order valence-electron chi connectivity index (χ3n) is 2.76. The molecular formula is C13H13N3O4S. The molecule has 0 bridgehead atoms. The molecule has 1 aromatic carbocycles. The molecular weight excluding hydrogens is 294 g/mol. The van der Waals surface area contributed by atoms with Gasteiger partial charge in [0.1, 0.15) is 4.90 Å². The summed E-state index contributed by atoms with van der Waals surface area (Å²) < 4.78 is 26.7. The van der Waals surface area contributed by atoms with E-state index >= 15 is 0 Å². The predicted octanol–water partition coefficient (Wildman–Crippen LogP) is 0.840. The third-order valence-corrected chi connectivity index (χ3v) is 4.24. The molecule has 8 heteroatoms. The topological polar surface area (TPSA) is 122 Å². The number of carboxylic acid groups (broad SMARTS) is 1. The number of anilines is 1. The maximum absolute atomic E-state index is 12.2. The van der Waals surface area contributed by atoms with E-state index in [0.29, 0.717) is 0 Å². The first kappa shape index (κ1) is 14.9. The van der Waals surface area contributed by atoms with Gasteiger partial charge >= 0.3 is 5.97 Å². The summed E-state index contributed by atoms with van der Waals surface area (Å²) in [6, 6.07) is 6.84. The molecule has 0 amide bonds. The standard InChI is InChI=1S/C13H13N3O4S/c14-11-7-10(13(17)18)1-2-12(11)21(19,20)16-8-9-3-5-15-6-4-9/h1-7,16H,8,14H2,(H,17,18). The molecule has 7 nitrogen and oxygen atoms in total. The number of nitrogen functional groups attached to an aromatic ring is 1. The first-order chi connectivity index (χ1) is 9.90. The average molecular weight is 307 g/mol. The number of benzene rings is 1. The second kappa shape index (κ2) is 5.90. The fourth-order valence-corrected chi connectivity index (χ4v) is 2.81. The van der Waals surface area contributed by atoms with Crippen molar-refractivity contribution in [3.63, 3.8) is 0 Å². The van der Waals surface area contributed by atoms with Gasteiger partial charge in [0.05, 0.1) is 11.3 Å². The van der Waals surface area contributed by atoms with Crippen molar-refractivity contribution in [2.24, 2.45) is 0 Å². The summed E-state index contributed by atoms with van der Waals surface area (Å²) in [5, 5.41) is 8.83. The lowest BCUT2D eigenvalue weighted by molar-refractivity contribution is 0.0697. The fourth-order valence-electron chi connectivity index (χ4n) is 1.68. The molecule has 0 fully saturated rings. The van der Waals surface area contributed by atoms with Gasteiger partial charge < -0.3 is 10.8 Å². The molecule has 2 aromatic rings. The third kappa shape index (κ3) is 3.56. The molecule has 1 aromatic heterocycles. The Morgan fingerprint density at radius 1 is 1.24 bits per heavy atom. The van der Waals surface area contributed by atoms with E-state index in [9.17, 15) is 13.2 Å². The van der Waals surface area contributed by atoms with Crippen molar-refractivity contribution in [1.82, 2.24) is 9.71 Å². The van der Waals surface area contributed by atoms with Gasteiger partial charge in [0.15, 0.2) is 0 Å². The number of aromatic nitrogens is 1. The molecule has 2 rings (SSSR count). The van der Waals surface area contributed by atoms with Crippen LogP contribution in [0.25, 0.3) is 0 Å². The van der Waals surface area contributed by atoms with Crippen molar-refractivity contribution in [2.45, 2.75) is 11.4 Å². The van der Waals surface area contributed by atoms with Crippen molar-refractivity contribution in [3.8, 4) is 0 Å². The van der Waals surface area contributed by atoms with Crippen LogP contribution in [0.1, 0.15) is 15.9 Å². The van der Waals surface area contributed by atoms with Gasteiger partial charge in [-0.3, -0.25) is 4.98 Å². The highest BCUT2D eigenvalue weighted by atomic mass is 32.2. The maximum atomic E-state index is 12.2. The lowest BCUT2D eigenvalue weighted by Crippen LogP contribution is -2.24. The zero-order chi connectivity index (χ0) is 15.5. The van der Waals surface area contributed by atoms with E-state index in [1.807, 2.05) is 0 Å². The molecule has 0 spiro atoms. The number of aromatic carboxylic acids is 1. The van der Waals surface area contributed by atoms with Crippen LogP contribution in [-0.4, -0.2) is 24.5 Å². The Kier molecular flexibility index (Phi) is 4.20. The second-order valence-corrected chi connectivity index (χ2v) is 5.97. The Labute approximate surface area is 121 Å². The van der Waals surface area contributed by atoms with Crippen LogP contribution < -0.4 is 10.5 Å². The fraction of sp³-hybridized carbons (Fsp3) is 0.0769. The lowest BCUT2D eigenvalue weighted by Gasteiger charge is -2.09. The Morgan fingerprint density at radius 3 is 2.48 bits per heavy atom. The molecule has 0 radical (unpaired) electrons. The summed E-state index contributed by atoms with van der Waals surface area (Å²) in [7, 11) is -3.82. The number of sulfonamides is 1.